The van der Waals surface area contributed by atoms with Crippen LogP contribution in [0.3, 0.4) is 0 Å². The molecule has 1 aliphatic rings. The summed E-state index contributed by atoms with van der Waals surface area (Å²) >= 11 is 1.13. The summed E-state index contributed by atoms with van der Waals surface area (Å²) in [5, 5.41) is 3.26. The van der Waals surface area contributed by atoms with Crippen molar-refractivity contribution in [2.24, 2.45) is 0 Å². The molecule has 2 aromatic rings. The zero-order valence-electron chi connectivity index (χ0n) is 11.8. The smallest absolute Gasteiger partial charge is 0.140 e. The zero-order chi connectivity index (χ0) is 14.8. The van der Waals surface area contributed by atoms with Crippen LogP contribution in [-0.2, 0) is 6.54 Å². The van der Waals surface area contributed by atoms with E-state index in [9.17, 15) is 8.78 Å². The Kier molecular flexibility index (Phi) is 4.27. The van der Waals surface area contributed by atoms with Gasteiger partial charge in [-0.1, -0.05) is 29.5 Å². The van der Waals surface area contributed by atoms with Crippen LogP contribution < -0.4 is 5.32 Å². The summed E-state index contributed by atoms with van der Waals surface area (Å²) in [7, 11) is 0. The highest BCUT2D eigenvalue weighted by Gasteiger charge is 2.20. The van der Waals surface area contributed by atoms with E-state index < -0.39 is 11.6 Å². The van der Waals surface area contributed by atoms with Gasteiger partial charge in [0.05, 0.1) is 4.90 Å². The largest absolute Gasteiger partial charge is 0.310 e. The van der Waals surface area contributed by atoms with Gasteiger partial charge in [-0.05, 0) is 49.6 Å². The molecule has 0 heterocycles. The Bertz CT molecular complexity index is 630. The van der Waals surface area contributed by atoms with Gasteiger partial charge in [0.2, 0.25) is 0 Å². The molecular formula is C17H17F2NS. The standard InChI is InChI=1S/C17H17F2NS/c1-11-3-2-4-14(7-11)21-17-15(18)8-12(9-16(17)19)10-20-13-5-6-13/h2-4,7-9,13,20H,5-6,10H2,1H3. The number of nitrogens with one attached hydrogen (secondary N) is 1. The third kappa shape index (κ3) is 3.83. The van der Waals surface area contributed by atoms with Gasteiger partial charge in [0.25, 0.3) is 0 Å². The summed E-state index contributed by atoms with van der Waals surface area (Å²) in [6.45, 7) is 2.48. The van der Waals surface area contributed by atoms with Crippen molar-refractivity contribution in [2.45, 2.75) is 42.1 Å². The lowest BCUT2D eigenvalue weighted by Crippen LogP contribution is -2.15. The van der Waals surface area contributed by atoms with E-state index in [0.29, 0.717) is 18.2 Å². The molecule has 1 saturated carbocycles. The van der Waals surface area contributed by atoms with Crippen LogP contribution in [0.1, 0.15) is 24.0 Å². The molecule has 0 spiro atoms. The molecule has 3 rings (SSSR count). The molecule has 110 valence electrons. The highest BCUT2D eigenvalue weighted by atomic mass is 32.2. The first-order valence-electron chi connectivity index (χ1n) is 7.07. The van der Waals surface area contributed by atoms with Crippen molar-refractivity contribution in [3.05, 3.63) is 59.2 Å². The SMILES string of the molecule is Cc1cccc(Sc2c(F)cc(CNC3CC3)cc2F)c1. The van der Waals surface area contributed by atoms with Crippen LogP contribution >= 0.6 is 11.8 Å². The molecule has 0 saturated heterocycles. The van der Waals surface area contributed by atoms with Gasteiger partial charge in [-0.3, -0.25) is 0 Å². The minimum absolute atomic E-state index is 0.0655. The average molecular weight is 305 g/mol. The number of hydrogen-bond donors (Lipinski definition) is 1. The van der Waals surface area contributed by atoms with Gasteiger partial charge >= 0.3 is 0 Å². The molecular weight excluding hydrogens is 288 g/mol. The first kappa shape index (κ1) is 14.5. The molecule has 0 aliphatic heterocycles. The number of halogens is 2. The Morgan fingerprint density at radius 3 is 2.48 bits per heavy atom. The molecule has 4 heteroatoms. The molecule has 0 amide bonds. The maximum Gasteiger partial charge on any atom is 0.140 e. The minimum atomic E-state index is -0.492. The van der Waals surface area contributed by atoms with Crippen LogP contribution in [0.15, 0.2) is 46.2 Å². The number of benzene rings is 2. The molecule has 0 atom stereocenters. The molecule has 1 fully saturated rings. The van der Waals surface area contributed by atoms with Crippen LogP contribution in [0.25, 0.3) is 0 Å². The predicted octanol–water partition coefficient (Wildman–Crippen LogP) is 4.68. The second-order valence-corrected chi connectivity index (χ2v) is 6.55. The number of hydrogen-bond acceptors (Lipinski definition) is 2. The van der Waals surface area contributed by atoms with E-state index >= 15 is 0 Å². The van der Waals surface area contributed by atoms with Gasteiger partial charge in [-0.25, -0.2) is 8.78 Å². The lowest BCUT2D eigenvalue weighted by molar-refractivity contribution is 0.534. The third-order valence-electron chi connectivity index (χ3n) is 3.44. The van der Waals surface area contributed by atoms with Crippen LogP contribution in [0.2, 0.25) is 0 Å². The fourth-order valence-electron chi connectivity index (χ4n) is 2.16. The molecule has 1 nitrogen and oxygen atoms in total. The number of aryl methyl sites for hydroxylation is 1. The molecule has 0 unspecified atom stereocenters. The van der Waals surface area contributed by atoms with E-state index in [1.807, 2.05) is 31.2 Å². The molecule has 0 aromatic heterocycles. The fraction of sp³-hybridized carbons (Fsp3) is 0.294. The first-order chi connectivity index (χ1) is 10.1. The summed E-state index contributed by atoms with van der Waals surface area (Å²) in [5.41, 5.74) is 1.73. The van der Waals surface area contributed by atoms with Gasteiger partial charge in [0.15, 0.2) is 0 Å². The minimum Gasteiger partial charge on any atom is -0.310 e. The van der Waals surface area contributed by atoms with Gasteiger partial charge in [-0.15, -0.1) is 0 Å². The Morgan fingerprint density at radius 1 is 1.14 bits per heavy atom. The summed E-state index contributed by atoms with van der Waals surface area (Å²) in [5.74, 6) is -0.983. The summed E-state index contributed by atoms with van der Waals surface area (Å²) in [6.07, 6.45) is 2.32. The van der Waals surface area contributed by atoms with Crippen LogP contribution in [-0.4, -0.2) is 6.04 Å². The van der Waals surface area contributed by atoms with Gasteiger partial charge in [0.1, 0.15) is 11.6 Å². The van der Waals surface area contributed by atoms with Crippen LogP contribution in [0, 0.1) is 18.6 Å². The van der Waals surface area contributed by atoms with Crippen molar-refractivity contribution in [2.75, 3.05) is 0 Å². The van der Waals surface area contributed by atoms with Crippen molar-refractivity contribution in [1.82, 2.24) is 5.32 Å². The number of rotatable bonds is 5. The molecule has 0 bridgehead atoms. The predicted molar refractivity (Wildman–Crippen MR) is 81.5 cm³/mol. The molecule has 21 heavy (non-hydrogen) atoms. The molecule has 0 radical (unpaired) electrons. The maximum atomic E-state index is 14.1. The van der Waals surface area contributed by atoms with E-state index in [1.54, 1.807) is 0 Å². The van der Waals surface area contributed by atoms with Gasteiger partial charge in [0, 0.05) is 17.5 Å². The van der Waals surface area contributed by atoms with Crippen LogP contribution in [0.4, 0.5) is 8.78 Å². The average Bonchev–Trinajstić information content (AvgIpc) is 3.25. The van der Waals surface area contributed by atoms with E-state index in [0.717, 1.165) is 35.1 Å². The quantitative estimate of drug-likeness (QED) is 0.861. The monoisotopic (exact) mass is 305 g/mol. The Hall–Kier alpha value is -1.39. The Morgan fingerprint density at radius 2 is 1.86 bits per heavy atom. The van der Waals surface area contributed by atoms with Crippen molar-refractivity contribution < 1.29 is 8.78 Å². The van der Waals surface area contributed by atoms with Crippen molar-refractivity contribution in [1.29, 1.82) is 0 Å². The highest BCUT2D eigenvalue weighted by molar-refractivity contribution is 7.99. The van der Waals surface area contributed by atoms with E-state index in [-0.39, 0.29) is 4.90 Å². The van der Waals surface area contributed by atoms with E-state index in [1.165, 1.54) is 12.1 Å². The first-order valence-corrected chi connectivity index (χ1v) is 7.89. The molecule has 1 N–H and O–H groups in total. The molecule has 2 aromatic carbocycles. The Balaban J connectivity index is 1.78. The Labute approximate surface area is 127 Å². The van der Waals surface area contributed by atoms with E-state index in [4.69, 9.17) is 0 Å². The molecule has 1 aliphatic carbocycles. The van der Waals surface area contributed by atoms with Crippen LogP contribution in [0.5, 0.6) is 0 Å². The zero-order valence-corrected chi connectivity index (χ0v) is 12.6. The van der Waals surface area contributed by atoms with Crippen molar-refractivity contribution >= 4 is 11.8 Å². The summed E-state index contributed by atoms with van der Waals surface area (Å²) in [4.78, 5) is 0.910. The van der Waals surface area contributed by atoms with E-state index in [2.05, 4.69) is 5.32 Å². The topological polar surface area (TPSA) is 12.0 Å². The normalized spacial score (nSPS) is 14.4. The van der Waals surface area contributed by atoms with Crippen molar-refractivity contribution in [3.63, 3.8) is 0 Å². The second kappa shape index (κ2) is 6.16. The lowest BCUT2D eigenvalue weighted by Gasteiger charge is -2.09. The maximum absolute atomic E-state index is 14.1. The second-order valence-electron chi connectivity index (χ2n) is 5.46. The highest BCUT2D eigenvalue weighted by Crippen LogP contribution is 2.33. The van der Waals surface area contributed by atoms with Gasteiger partial charge < -0.3 is 5.32 Å². The third-order valence-corrected chi connectivity index (χ3v) is 4.52. The van der Waals surface area contributed by atoms with Crippen molar-refractivity contribution in [3.8, 4) is 0 Å². The summed E-state index contributed by atoms with van der Waals surface area (Å²) < 4.78 is 28.3. The van der Waals surface area contributed by atoms with Gasteiger partial charge in [-0.2, -0.15) is 0 Å². The fourth-order valence-corrected chi connectivity index (χ4v) is 3.10. The summed E-state index contributed by atoms with van der Waals surface area (Å²) in [6, 6.07) is 11.0. The lowest BCUT2D eigenvalue weighted by atomic mass is 10.2.